The van der Waals surface area contributed by atoms with E-state index >= 15 is 0 Å². The van der Waals surface area contributed by atoms with E-state index in [1.807, 2.05) is 44.5 Å². The summed E-state index contributed by atoms with van der Waals surface area (Å²) in [5, 5.41) is 177. The molecule has 0 nitrogen and oxygen atoms in total. The number of rotatable bonds is 5. The highest BCUT2D eigenvalue weighted by Gasteiger charge is 2.80. The molecule has 550 valence electrons. The molecular weight excluding hydrogens is 1610 g/mol. The SMILES string of the molecule is c1ccc(CC23C4=c5c6c2c2c7c8c3c3c9c%10c%11c(c%12c5c5c%13c6c6c2c2c7c7c%14c8c3c3c%10c8c%10c%11c%11c%12c5c5c%12c%11c%10c%10c%11c8c3c%14c3c7c7c2c2c6c%13c5c5c%12c%10c(c3%11)c7c25)C49C23c4c5c6c7c8c9c%10c%11c(c2c2c%12c3c3c%13c4c6c4c6c7c7c8c8c%10c%10c%14c%11c2c2c%11c%12c%12c3c3c%13c4c4c6c6c7c7c8c%10c8c(c%142)c2c%11c%12c%10c3c4c3c%10c2c8c7c63)C59Cc2ccccc2)cc1. The second-order valence-electron chi connectivity index (χ2n) is 50.1. The van der Waals surface area contributed by atoms with Crippen molar-refractivity contribution < 1.29 is 0 Å². The molecule has 10 aliphatic rings. The van der Waals surface area contributed by atoms with Crippen LogP contribution >= 0.6 is 0 Å². The predicted octanol–water partition coefficient (Wildman–Crippen LogP) is 34.6. The van der Waals surface area contributed by atoms with E-state index in [1.54, 1.807) is 582 Å². The fourth-order valence-electron chi connectivity index (χ4n) is 50.3. The Morgan fingerprint density at radius 2 is 0.254 bits per heavy atom. The average Bonchev–Trinajstić information content (AvgIpc) is 1.37. The van der Waals surface area contributed by atoms with Crippen LogP contribution in [0.15, 0.2) is 60.7 Å². The Morgan fingerprint density at radius 3 is 0.537 bits per heavy atom. The van der Waals surface area contributed by atoms with Gasteiger partial charge >= 0.3 is 0 Å². The summed E-state index contributed by atoms with van der Waals surface area (Å²) in [6.07, 6.45) is 1.87. The lowest BCUT2D eigenvalue weighted by molar-refractivity contribution is 0.410. The van der Waals surface area contributed by atoms with E-state index in [4.69, 9.17) is 0 Å². The Balaban J connectivity index is 0.773. The minimum absolute atomic E-state index is 0.576. The second kappa shape index (κ2) is 11.1. The topological polar surface area (TPSA) is 0 Å². The van der Waals surface area contributed by atoms with E-state index in [0.29, 0.717) is 0 Å². The smallest absolute Gasteiger partial charge is 0.0622 e. The molecule has 66 rings (SSSR count). The lowest BCUT2D eigenvalue weighted by Crippen LogP contribution is -2.61. The molecule has 10 aliphatic carbocycles. The van der Waals surface area contributed by atoms with Crippen LogP contribution in [-0.2, 0) is 34.5 Å². The summed E-state index contributed by atoms with van der Waals surface area (Å²) in [5.74, 6) is 0. The number of hydrogen-bond acceptors (Lipinski definition) is 0. The summed E-state index contributed by atoms with van der Waals surface area (Å²) in [5.41, 5.74) is 20.0. The highest BCUT2D eigenvalue weighted by atomic mass is 14.8. The van der Waals surface area contributed by atoms with Gasteiger partial charge in [0, 0.05) is 5.41 Å². The predicted molar refractivity (Wildman–Crippen MR) is 565 cm³/mol. The second-order valence-corrected chi connectivity index (χ2v) is 50.1. The van der Waals surface area contributed by atoms with Crippen LogP contribution in [0, 0.1) is 0 Å². The zero-order chi connectivity index (χ0) is 78.6. The molecule has 0 N–H and O–H groups in total. The largest absolute Gasteiger partial charge is 0.0659 e. The van der Waals surface area contributed by atoms with Crippen LogP contribution in [0.5, 0.6) is 0 Å². The first-order valence-electron chi connectivity index (χ1n) is 50.5. The van der Waals surface area contributed by atoms with Gasteiger partial charge in [-0.15, -0.1) is 0 Å². The first-order chi connectivity index (χ1) is 66.9. The Bertz CT molecular complexity index is 16600. The fraction of sp³-hybridized carbons (Fsp3) is 0.0448. The van der Waals surface area contributed by atoms with Crippen LogP contribution in [0.4, 0.5) is 0 Å². The van der Waals surface area contributed by atoms with Crippen LogP contribution in [-0.4, -0.2) is 0 Å². The molecule has 0 heterocycles. The molecule has 0 aliphatic heterocycles. The van der Waals surface area contributed by atoms with E-state index in [0.717, 1.165) is 12.8 Å². The zero-order valence-electron chi connectivity index (χ0n) is 68.2. The first-order valence-corrected chi connectivity index (χ1v) is 50.5. The molecule has 56 aromatic carbocycles. The lowest BCUT2D eigenvalue weighted by Gasteiger charge is -2.62. The van der Waals surface area contributed by atoms with Gasteiger partial charge in [-0.1, -0.05) is 60.7 Å². The summed E-state index contributed by atoms with van der Waals surface area (Å²) in [7, 11) is 0. The summed E-state index contributed by atoms with van der Waals surface area (Å²) in [6, 6.07) is 25.4. The molecule has 56 aromatic rings. The number of benzene rings is 36. The molecule has 0 spiro atoms. The van der Waals surface area contributed by atoms with Crippen molar-refractivity contribution in [2.75, 3.05) is 0 Å². The Labute approximate surface area is 727 Å². The molecule has 0 fully saturated rings. The van der Waals surface area contributed by atoms with Crippen molar-refractivity contribution in [3.8, 4) is 0 Å². The standard InChI is InChI=1S/C134H14/c1-3-7-13(8-4-1)11-131-120-104-86-72-46-34-20-21-24-19-18-23(20)41(46)55-49-30(18)36-31(19)51-57-43(24)47-35(21)39-38(34)62-76-63(39)79-73(47)88-83(57)92-68(51)70-60(36)69-65(49)90(81(55)86)111(120)115-95(69)96(70)116-114(92)123-107(88)101(79)110-102(76)109(100(104)78(62)72)126(131)128(110)133(123,129(116)127(115)131)134-124-108-89-74-48-40-22-25-17-15-16-26(22)44(48)58-50-28(16)29-27(15)33-37-32(17)45-42(25)56-52(40)75-80(74)103(108)118-117-94(75)82(56)87-71(45)77-61(37)64-53(33)59-54(29)67-66(50)91(84(58)89)112(124)113-93(67)85(59)98-97(64)106-99(77)105(87)121(117)132(130(118)134,122(106)119(98)125(113)134)12-14-9-5-2-6-10-14/h1-10H,11-12H2. The van der Waals surface area contributed by atoms with Gasteiger partial charge < -0.3 is 0 Å². The third-order valence-electron chi connectivity index (χ3n) is 50.0. The van der Waals surface area contributed by atoms with E-state index in [1.165, 1.54) is 11.1 Å². The number of hydrogen-bond donors (Lipinski definition) is 0. The molecule has 134 heavy (non-hydrogen) atoms. The maximum Gasteiger partial charge on any atom is 0.0659 e. The minimum Gasteiger partial charge on any atom is -0.0622 e. The third kappa shape index (κ3) is 2.60. The Hall–Kier alpha value is -16.6. The van der Waals surface area contributed by atoms with Crippen molar-refractivity contribution in [3.05, 3.63) is 133 Å². The summed E-state index contributed by atoms with van der Waals surface area (Å²) < 4.78 is 0. The van der Waals surface area contributed by atoms with E-state index in [2.05, 4.69) is 60.7 Å². The normalized spacial score (nSPS) is 22.5. The van der Waals surface area contributed by atoms with Gasteiger partial charge in [0.1, 0.15) is 0 Å². The van der Waals surface area contributed by atoms with Gasteiger partial charge in [0.05, 0.1) is 16.2 Å². The highest BCUT2D eigenvalue weighted by Crippen LogP contribution is 2.94. The maximum atomic E-state index is 2.69. The van der Waals surface area contributed by atoms with Crippen molar-refractivity contribution in [1.82, 2.24) is 0 Å². The monoisotopic (exact) mass is 1620 g/mol. The molecule has 0 saturated carbocycles. The average molecular weight is 1620 g/mol. The molecule has 4 unspecified atom stereocenters. The lowest BCUT2D eigenvalue weighted by atomic mass is 9.37. The van der Waals surface area contributed by atoms with Gasteiger partial charge in [-0.2, -0.15) is 0 Å². The Morgan fingerprint density at radius 1 is 0.104 bits per heavy atom. The first kappa shape index (κ1) is 48.8. The highest BCUT2D eigenvalue weighted by molar-refractivity contribution is 6.87. The van der Waals surface area contributed by atoms with E-state index < -0.39 is 21.7 Å². The molecule has 0 radical (unpaired) electrons. The summed E-state index contributed by atoms with van der Waals surface area (Å²) >= 11 is 0. The van der Waals surface area contributed by atoms with E-state index in [9.17, 15) is 0 Å². The Kier molecular flexibility index (Phi) is 4.05. The summed E-state index contributed by atoms with van der Waals surface area (Å²) in [4.78, 5) is 0. The van der Waals surface area contributed by atoms with Crippen LogP contribution in [0.2, 0.25) is 0 Å². The van der Waals surface area contributed by atoms with Gasteiger partial charge in [-0.3, -0.25) is 0 Å². The van der Waals surface area contributed by atoms with Gasteiger partial charge in [-0.25, -0.2) is 0 Å². The van der Waals surface area contributed by atoms with Crippen LogP contribution in [0.25, 0.3) is 566 Å². The quantitative estimate of drug-likeness (QED) is 0.151. The molecular formula is C134H14. The van der Waals surface area contributed by atoms with Gasteiger partial charge in [0.25, 0.3) is 0 Å². The van der Waals surface area contributed by atoms with Crippen LogP contribution in [0.1, 0.15) is 66.8 Å². The van der Waals surface area contributed by atoms with Crippen LogP contribution in [0.3, 0.4) is 0 Å². The molecule has 0 saturated heterocycles. The van der Waals surface area contributed by atoms with Crippen molar-refractivity contribution in [2.24, 2.45) is 0 Å². The molecule has 4 atom stereocenters. The van der Waals surface area contributed by atoms with Crippen molar-refractivity contribution >= 4 is 566 Å². The fourth-order valence-corrected chi connectivity index (χ4v) is 50.3. The minimum atomic E-state index is -0.857. The molecule has 0 aromatic heterocycles. The van der Waals surface area contributed by atoms with Gasteiger partial charge in [-0.05, 0) is 651 Å². The van der Waals surface area contributed by atoms with E-state index in [-0.39, 0.29) is 0 Å². The molecule has 0 bridgehead atoms. The molecule has 0 amide bonds. The molecule has 0 heteroatoms. The van der Waals surface area contributed by atoms with Crippen LogP contribution < -0.4 is 5.22 Å². The maximum absolute atomic E-state index is 2.69. The third-order valence-corrected chi connectivity index (χ3v) is 50.0. The van der Waals surface area contributed by atoms with Gasteiger partial charge in [0.2, 0.25) is 0 Å². The van der Waals surface area contributed by atoms with Gasteiger partial charge in [0.15, 0.2) is 0 Å². The summed E-state index contributed by atoms with van der Waals surface area (Å²) in [6.45, 7) is 0. The van der Waals surface area contributed by atoms with Crippen molar-refractivity contribution in [1.29, 1.82) is 0 Å². The van der Waals surface area contributed by atoms with Crippen molar-refractivity contribution in [2.45, 2.75) is 34.5 Å². The zero-order valence-corrected chi connectivity index (χ0v) is 68.2. The van der Waals surface area contributed by atoms with Crippen molar-refractivity contribution in [3.63, 3.8) is 0 Å².